The zero-order valence-corrected chi connectivity index (χ0v) is 14.0. The molecule has 1 aliphatic heterocycles. The smallest absolute Gasteiger partial charge is 0.235 e. The molecule has 3 heterocycles. The highest BCUT2D eigenvalue weighted by molar-refractivity contribution is 5.56. The van der Waals surface area contributed by atoms with Crippen molar-refractivity contribution in [3.8, 4) is 0 Å². The Morgan fingerprint density at radius 1 is 1.21 bits per heavy atom. The monoisotopic (exact) mass is 323 g/mol. The van der Waals surface area contributed by atoms with Gasteiger partial charge in [0.2, 0.25) is 11.8 Å². The van der Waals surface area contributed by atoms with Crippen LogP contribution in [0.2, 0.25) is 0 Å². The van der Waals surface area contributed by atoms with Crippen molar-refractivity contribution in [2.24, 2.45) is 0 Å². The van der Waals surface area contributed by atoms with Crippen LogP contribution in [-0.2, 0) is 13.0 Å². The highest BCUT2D eigenvalue weighted by Crippen LogP contribution is 2.32. The lowest BCUT2D eigenvalue weighted by atomic mass is 9.98. The van der Waals surface area contributed by atoms with Gasteiger partial charge in [0.1, 0.15) is 0 Å². The van der Waals surface area contributed by atoms with E-state index in [1.165, 1.54) is 11.3 Å². The molecule has 0 bridgehead atoms. The average molecular weight is 323 g/mol. The first-order chi connectivity index (χ1) is 11.7. The first kappa shape index (κ1) is 14.9. The minimum absolute atomic E-state index is 0.247. The molecule has 1 aromatic carbocycles. The second-order valence-corrected chi connectivity index (χ2v) is 6.54. The molecule has 0 saturated heterocycles. The summed E-state index contributed by atoms with van der Waals surface area (Å²) in [4.78, 5) is 2.31. The molecular weight excluding hydrogens is 302 g/mol. The SMILES string of the molecule is CC(C)c1nnc(CN2C[C@H](n3cccn3)Cc3ccccc32)o1. The minimum Gasteiger partial charge on any atom is -0.423 e. The van der Waals surface area contributed by atoms with E-state index in [2.05, 4.69) is 58.3 Å². The number of fused-ring (bicyclic) bond motifs is 1. The van der Waals surface area contributed by atoms with Gasteiger partial charge in [0.05, 0.1) is 12.6 Å². The Hall–Kier alpha value is -2.63. The van der Waals surface area contributed by atoms with E-state index in [0.29, 0.717) is 24.4 Å². The Morgan fingerprint density at radius 3 is 2.83 bits per heavy atom. The highest BCUT2D eigenvalue weighted by atomic mass is 16.4. The second-order valence-electron chi connectivity index (χ2n) is 6.54. The van der Waals surface area contributed by atoms with Crippen molar-refractivity contribution in [3.05, 3.63) is 60.1 Å². The van der Waals surface area contributed by atoms with Crippen LogP contribution in [0, 0.1) is 0 Å². The van der Waals surface area contributed by atoms with Crippen molar-refractivity contribution >= 4 is 5.69 Å². The molecule has 1 aliphatic rings. The number of para-hydroxylation sites is 1. The van der Waals surface area contributed by atoms with E-state index < -0.39 is 0 Å². The second kappa shape index (κ2) is 6.11. The van der Waals surface area contributed by atoms with Crippen LogP contribution in [0.4, 0.5) is 5.69 Å². The summed E-state index contributed by atoms with van der Waals surface area (Å²) < 4.78 is 7.84. The van der Waals surface area contributed by atoms with Gasteiger partial charge in [0.15, 0.2) is 0 Å². The lowest BCUT2D eigenvalue weighted by molar-refractivity contribution is 0.399. The largest absolute Gasteiger partial charge is 0.423 e. The summed E-state index contributed by atoms with van der Waals surface area (Å²) in [5.41, 5.74) is 2.57. The quantitative estimate of drug-likeness (QED) is 0.738. The lowest BCUT2D eigenvalue weighted by Crippen LogP contribution is -2.36. The zero-order valence-electron chi connectivity index (χ0n) is 14.0. The molecular formula is C18H21N5O. The van der Waals surface area contributed by atoms with Gasteiger partial charge < -0.3 is 9.32 Å². The molecule has 3 aromatic rings. The zero-order chi connectivity index (χ0) is 16.5. The summed E-state index contributed by atoms with van der Waals surface area (Å²) in [7, 11) is 0. The van der Waals surface area contributed by atoms with Crippen molar-refractivity contribution in [2.75, 3.05) is 11.4 Å². The minimum atomic E-state index is 0.247. The van der Waals surface area contributed by atoms with Gasteiger partial charge in [0.25, 0.3) is 0 Å². The van der Waals surface area contributed by atoms with Gasteiger partial charge in [-0.25, -0.2) is 0 Å². The molecule has 0 spiro atoms. The normalized spacial score (nSPS) is 17.3. The first-order valence-electron chi connectivity index (χ1n) is 8.35. The average Bonchev–Trinajstić information content (AvgIpc) is 3.26. The van der Waals surface area contributed by atoms with Gasteiger partial charge in [0, 0.05) is 30.5 Å². The van der Waals surface area contributed by atoms with E-state index in [0.717, 1.165) is 13.0 Å². The van der Waals surface area contributed by atoms with Gasteiger partial charge in [-0.15, -0.1) is 10.2 Å². The van der Waals surface area contributed by atoms with Crippen LogP contribution < -0.4 is 4.90 Å². The van der Waals surface area contributed by atoms with Crippen molar-refractivity contribution in [1.29, 1.82) is 0 Å². The van der Waals surface area contributed by atoms with Crippen LogP contribution in [0.1, 0.15) is 43.2 Å². The number of hydrogen-bond donors (Lipinski definition) is 0. The van der Waals surface area contributed by atoms with Gasteiger partial charge >= 0.3 is 0 Å². The van der Waals surface area contributed by atoms with Gasteiger partial charge in [-0.2, -0.15) is 5.10 Å². The molecule has 1 atom stereocenters. The maximum atomic E-state index is 5.80. The van der Waals surface area contributed by atoms with E-state index >= 15 is 0 Å². The predicted octanol–water partition coefficient (Wildman–Crippen LogP) is 3.19. The molecule has 124 valence electrons. The summed E-state index contributed by atoms with van der Waals surface area (Å²) in [5, 5.41) is 12.8. The van der Waals surface area contributed by atoms with Crippen molar-refractivity contribution in [2.45, 2.75) is 38.8 Å². The molecule has 0 fully saturated rings. The van der Waals surface area contributed by atoms with Crippen molar-refractivity contribution in [1.82, 2.24) is 20.0 Å². The van der Waals surface area contributed by atoms with E-state index in [4.69, 9.17) is 4.42 Å². The first-order valence-corrected chi connectivity index (χ1v) is 8.35. The third kappa shape index (κ3) is 2.79. The molecule has 0 saturated carbocycles. The van der Waals surface area contributed by atoms with Crippen LogP contribution in [-0.4, -0.2) is 26.5 Å². The van der Waals surface area contributed by atoms with E-state index in [-0.39, 0.29) is 5.92 Å². The fraction of sp³-hybridized carbons (Fsp3) is 0.389. The summed E-state index contributed by atoms with van der Waals surface area (Å²) in [6.07, 6.45) is 4.84. The maximum Gasteiger partial charge on any atom is 0.235 e. The molecule has 0 N–H and O–H groups in total. The Bertz CT molecular complexity index is 808. The fourth-order valence-electron chi connectivity index (χ4n) is 3.21. The van der Waals surface area contributed by atoms with Gasteiger partial charge in [-0.3, -0.25) is 4.68 Å². The molecule has 0 unspecified atom stereocenters. The Labute approximate surface area is 141 Å². The standard InChI is InChI=1S/C18H21N5O/c1-13(2)18-21-20-17(24-18)12-22-11-15(23-9-5-8-19-23)10-14-6-3-4-7-16(14)22/h3-9,13,15H,10-12H2,1-2H3/t15-/m1/s1. The molecule has 4 rings (SSSR count). The van der Waals surface area contributed by atoms with E-state index in [1.54, 1.807) is 0 Å². The molecule has 24 heavy (non-hydrogen) atoms. The summed E-state index contributed by atoms with van der Waals surface area (Å²) in [6.45, 7) is 5.61. The highest BCUT2D eigenvalue weighted by Gasteiger charge is 2.27. The fourth-order valence-corrected chi connectivity index (χ4v) is 3.21. The molecule has 0 aliphatic carbocycles. The van der Waals surface area contributed by atoms with Gasteiger partial charge in [-0.1, -0.05) is 32.0 Å². The number of aromatic nitrogens is 4. The number of anilines is 1. The Morgan fingerprint density at radius 2 is 2.08 bits per heavy atom. The summed E-state index contributed by atoms with van der Waals surface area (Å²) in [5.74, 6) is 1.60. The van der Waals surface area contributed by atoms with Crippen LogP contribution in [0.5, 0.6) is 0 Å². The van der Waals surface area contributed by atoms with Crippen LogP contribution in [0.3, 0.4) is 0 Å². The van der Waals surface area contributed by atoms with Crippen molar-refractivity contribution in [3.63, 3.8) is 0 Å². The Balaban J connectivity index is 1.62. The maximum absolute atomic E-state index is 5.80. The summed E-state index contributed by atoms with van der Waals surface area (Å²) >= 11 is 0. The number of hydrogen-bond acceptors (Lipinski definition) is 5. The topological polar surface area (TPSA) is 60.0 Å². The summed E-state index contributed by atoms with van der Waals surface area (Å²) in [6, 6.07) is 10.8. The number of benzene rings is 1. The van der Waals surface area contributed by atoms with Crippen LogP contribution in [0.25, 0.3) is 0 Å². The third-order valence-corrected chi connectivity index (χ3v) is 4.42. The third-order valence-electron chi connectivity index (χ3n) is 4.42. The molecule has 6 heteroatoms. The Kier molecular flexibility index (Phi) is 3.80. The van der Waals surface area contributed by atoms with Gasteiger partial charge in [-0.05, 0) is 24.1 Å². The molecule has 0 amide bonds. The van der Waals surface area contributed by atoms with Crippen molar-refractivity contribution < 1.29 is 4.42 Å². The van der Waals surface area contributed by atoms with E-state index in [1.807, 2.05) is 23.1 Å². The molecule has 0 radical (unpaired) electrons. The number of nitrogens with zero attached hydrogens (tertiary/aromatic N) is 5. The predicted molar refractivity (Wildman–Crippen MR) is 90.8 cm³/mol. The van der Waals surface area contributed by atoms with Crippen LogP contribution in [0.15, 0.2) is 47.1 Å². The lowest BCUT2D eigenvalue weighted by Gasteiger charge is -2.35. The van der Waals surface area contributed by atoms with E-state index in [9.17, 15) is 0 Å². The van der Waals surface area contributed by atoms with Crippen LogP contribution >= 0.6 is 0 Å². The number of rotatable bonds is 4. The molecule has 6 nitrogen and oxygen atoms in total. The molecule has 2 aromatic heterocycles.